The normalized spacial score (nSPS) is 12.1. The molecule has 1 N–H and O–H groups in total. The Morgan fingerprint density at radius 2 is 1.93 bits per heavy atom. The minimum atomic E-state index is -0.248. The first kappa shape index (κ1) is 17.4. The van der Waals surface area contributed by atoms with E-state index in [0.29, 0.717) is 17.2 Å². The Morgan fingerprint density at radius 3 is 2.61 bits per heavy atom. The number of hydrogen-bond acceptors (Lipinski definition) is 8. The molecule has 4 aromatic rings. The molecule has 140 valence electrons. The highest BCUT2D eigenvalue weighted by atomic mass is 15.5. The van der Waals surface area contributed by atoms with Crippen molar-refractivity contribution in [1.29, 1.82) is 0 Å². The van der Waals surface area contributed by atoms with Gasteiger partial charge in [-0.3, -0.25) is 5.10 Å². The van der Waals surface area contributed by atoms with Gasteiger partial charge in [0.15, 0.2) is 11.5 Å². The predicted octanol–water partition coefficient (Wildman–Crippen LogP) is 3.00. The van der Waals surface area contributed by atoms with Gasteiger partial charge in [-0.15, -0.1) is 15.3 Å². The lowest BCUT2D eigenvalue weighted by molar-refractivity contribution is 0.557. The summed E-state index contributed by atoms with van der Waals surface area (Å²) >= 11 is 0. The molecule has 0 saturated heterocycles. The zero-order chi connectivity index (χ0) is 19.9. The van der Waals surface area contributed by atoms with Gasteiger partial charge in [-0.25, -0.2) is 14.8 Å². The molecule has 0 amide bonds. The van der Waals surface area contributed by atoms with Crippen molar-refractivity contribution in [3.8, 4) is 5.95 Å². The fraction of sp³-hybridized carbons (Fsp3) is 0.312. The molecule has 0 aromatic carbocycles. The second-order valence-electron chi connectivity index (χ2n) is 7.00. The van der Waals surface area contributed by atoms with Gasteiger partial charge >= 0.3 is 0 Å². The van der Waals surface area contributed by atoms with Crippen LogP contribution in [0.5, 0.6) is 0 Å². The van der Waals surface area contributed by atoms with E-state index in [1.807, 2.05) is 20.8 Å². The summed E-state index contributed by atoms with van der Waals surface area (Å²) in [4.78, 5) is 19.8. The van der Waals surface area contributed by atoms with Crippen molar-refractivity contribution in [2.24, 2.45) is 10.2 Å². The summed E-state index contributed by atoms with van der Waals surface area (Å²) in [5.41, 5.74) is 1.91. The first-order chi connectivity index (χ1) is 13.4. The van der Waals surface area contributed by atoms with E-state index in [-0.39, 0.29) is 22.9 Å². The van der Waals surface area contributed by atoms with Gasteiger partial charge in [0.1, 0.15) is 18.5 Å². The van der Waals surface area contributed by atoms with Crippen LogP contribution >= 0.6 is 0 Å². The van der Waals surface area contributed by atoms with Gasteiger partial charge < -0.3 is 0 Å². The number of aromatic amines is 1. The second kappa shape index (κ2) is 6.31. The zero-order valence-corrected chi connectivity index (χ0v) is 15.7. The Labute approximate surface area is 159 Å². The van der Waals surface area contributed by atoms with Crippen molar-refractivity contribution < 1.29 is 0 Å². The number of H-pyrrole nitrogens is 1. The largest absolute Gasteiger partial charge is 0.277 e. The molecule has 0 atom stereocenters. The molecule has 28 heavy (non-hydrogen) atoms. The van der Waals surface area contributed by atoms with E-state index in [2.05, 4.69) is 50.3 Å². The van der Waals surface area contributed by atoms with Crippen LogP contribution in [0.2, 0.25) is 0 Å². The van der Waals surface area contributed by atoms with Gasteiger partial charge in [-0.2, -0.15) is 24.4 Å². The van der Waals surface area contributed by atoms with Crippen LogP contribution in [-0.2, 0) is 5.41 Å². The number of hydrogen-bond donors (Lipinski definition) is 1. The fourth-order valence-corrected chi connectivity index (χ4v) is 2.63. The lowest BCUT2D eigenvalue weighted by atomic mass is 9.91. The lowest BCUT2D eigenvalue weighted by Gasteiger charge is -2.16. The highest BCUT2D eigenvalue weighted by Crippen LogP contribution is 2.36. The van der Waals surface area contributed by atoms with Gasteiger partial charge in [0.05, 0.1) is 18.5 Å². The van der Waals surface area contributed by atoms with E-state index < -0.39 is 0 Å². The summed E-state index contributed by atoms with van der Waals surface area (Å²) < 4.78 is 2.91. The topological polar surface area (TPSA) is 132 Å². The van der Waals surface area contributed by atoms with Crippen molar-refractivity contribution in [3.05, 3.63) is 41.8 Å². The molecule has 4 aromatic heterocycles. The molecule has 0 aliphatic heterocycles. The molecule has 0 fully saturated rings. The molecule has 4 rings (SSSR count). The first-order valence-electron chi connectivity index (χ1n) is 8.34. The molecular formula is C16H16N12. The third-order valence-corrected chi connectivity index (χ3v) is 3.89. The molecule has 0 unspecified atom stereocenters. The summed E-state index contributed by atoms with van der Waals surface area (Å²) in [5, 5.41) is 20.4. The minimum Gasteiger partial charge on any atom is -0.277 e. The van der Waals surface area contributed by atoms with Gasteiger partial charge in [0.2, 0.25) is 5.65 Å². The van der Waals surface area contributed by atoms with Crippen molar-refractivity contribution in [2.75, 3.05) is 0 Å². The monoisotopic (exact) mass is 376 g/mol. The standard InChI is InChI=1S/C16H16N12/c1-9-22-14-11(12(16(2,3)4)26-28(14)25-9)23-24-13-10(17-5)6-21-27(13)15-19-7-18-8-20-15/h6-8,26H,1-4H3. The van der Waals surface area contributed by atoms with Crippen LogP contribution in [0.15, 0.2) is 29.1 Å². The average Bonchev–Trinajstić information content (AvgIpc) is 3.32. The summed E-state index contributed by atoms with van der Waals surface area (Å²) in [7, 11) is 0. The van der Waals surface area contributed by atoms with Gasteiger partial charge in [0.25, 0.3) is 11.6 Å². The van der Waals surface area contributed by atoms with E-state index >= 15 is 0 Å². The number of aryl methyl sites for hydroxylation is 1. The number of fused-ring (bicyclic) bond motifs is 1. The van der Waals surface area contributed by atoms with Crippen LogP contribution in [-0.4, -0.2) is 44.5 Å². The number of aromatic nitrogens is 9. The maximum Gasteiger partial charge on any atom is 0.254 e. The third-order valence-electron chi connectivity index (χ3n) is 3.89. The molecule has 0 aliphatic rings. The molecule has 0 bridgehead atoms. The minimum absolute atomic E-state index is 0.219. The first-order valence-corrected chi connectivity index (χ1v) is 8.34. The Bertz CT molecular complexity index is 1210. The lowest BCUT2D eigenvalue weighted by Crippen LogP contribution is -2.12. The van der Waals surface area contributed by atoms with E-state index in [4.69, 9.17) is 6.57 Å². The van der Waals surface area contributed by atoms with E-state index in [0.717, 1.165) is 5.69 Å². The third kappa shape index (κ3) is 2.88. The summed E-state index contributed by atoms with van der Waals surface area (Å²) in [6.07, 6.45) is 4.08. The van der Waals surface area contributed by atoms with E-state index in [1.165, 1.54) is 23.5 Å². The molecular weight excluding hydrogens is 360 g/mol. The molecule has 12 nitrogen and oxygen atoms in total. The zero-order valence-electron chi connectivity index (χ0n) is 15.7. The second-order valence-corrected chi connectivity index (χ2v) is 7.00. The Hall–Kier alpha value is -4.01. The van der Waals surface area contributed by atoms with Crippen LogP contribution in [0.4, 0.5) is 17.2 Å². The maximum atomic E-state index is 7.37. The van der Waals surface area contributed by atoms with Crippen LogP contribution in [0.3, 0.4) is 0 Å². The summed E-state index contributed by atoms with van der Waals surface area (Å²) in [6, 6.07) is 0. The number of nitrogens with one attached hydrogen (secondary N) is 1. The van der Waals surface area contributed by atoms with Gasteiger partial charge in [-0.05, 0) is 6.92 Å². The number of rotatable bonds is 3. The van der Waals surface area contributed by atoms with Crippen LogP contribution in [0.1, 0.15) is 32.3 Å². The molecule has 12 heteroatoms. The molecule has 0 spiro atoms. The molecule has 0 radical (unpaired) electrons. The molecule has 4 heterocycles. The highest BCUT2D eigenvalue weighted by Gasteiger charge is 2.25. The number of nitrogens with zero attached hydrogens (tertiary/aromatic N) is 11. The van der Waals surface area contributed by atoms with Crippen LogP contribution < -0.4 is 0 Å². The van der Waals surface area contributed by atoms with Gasteiger partial charge in [-0.1, -0.05) is 20.8 Å². The maximum absolute atomic E-state index is 7.37. The Morgan fingerprint density at radius 1 is 1.18 bits per heavy atom. The van der Waals surface area contributed by atoms with Crippen LogP contribution in [0, 0.1) is 13.5 Å². The van der Waals surface area contributed by atoms with Crippen molar-refractivity contribution in [2.45, 2.75) is 33.1 Å². The molecule has 0 saturated carbocycles. The smallest absolute Gasteiger partial charge is 0.254 e. The Kier molecular flexibility index (Phi) is 3.92. The quantitative estimate of drug-likeness (QED) is 0.432. The number of azo groups is 1. The van der Waals surface area contributed by atoms with Crippen molar-refractivity contribution >= 4 is 22.8 Å². The van der Waals surface area contributed by atoms with E-state index in [9.17, 15) is 0 Å². The highest BCUT2D eigenvalue weighted by molar-refractivity contribution is 5.69. The van der Waals surface area contributed by atoms with Crippen LogP contribution in [0.25, 0.3) is 16.4 Å². The average molecular weight is 376 g/mol. The van der Waals surface area contributed by atoms with Crippen molar-refractivity contribution in [1.82, 2.24) is 44.5 Å². The Balaban J connectivity index is 1.87. The summed E-state index contributed by atoms with van der Waals surface area (Å²) in [5.74, 6) is 1.07. The van der Waals surface area contributed by atoms with E-state index in [1.54, 1.807) is 11.6 Å². The predicted molar refractivity (Wildman–Crippen MR) is 98.2 cm³/mol. The SMILES string of the molecule is [C-]#[N+]c1cnn(-c2ncncn2)c1N=Nc1c(C(C)(C)C)[nH]n2nc(C)nc12. The summed E-state index contributed by atoms with van der Waals surface area (Å²) in [6.45, 7) is 15.3. The van der Waals surface area contributed by atoms with Crippen molar-refractivity contribution in [3.63, 3.8) is 0 Å². The van der Waals surface area contributed by atoms with Gasteiger partial charge in [0, 0.05) is 5.41 Å². The fourth-order valence-electron chi connectivity index (χ4n) is 2.63. The molecule has 0 aliphatic carbocycles.